The van der Waals surface area contributed by atoms with E-state index < -0.39 is 143 Å². The number of allylic oxidation sites excluding steroid dienone is 1. The maximum atomic E-state index is 14.0. The number of aromatic nitrogens is 3. The van der Waals surface area contributed by atoms with Gasteiger partial charge in [-0.15, -0.1) is 0 Å². The molecule has 3 aromatic carbocycles. The number of carbonyl (C=O) groups is 10. The van der Waals surface area contributed by atoms with Gasteiger partial charge >= 0.3 is 0 Å². The predicted octanol–water partition coefficient (Wildman–Crippen LogP) is 10.2. The number of halogens is 6. The number of pyridine rings is 2. The van der Waals surface area contributed by atoms with Crippen LogP contribution in [-0.2, 0) is 43.1 Å². The average molecular weight is 1810 g/mol. The number of hydrogen-bond donors (Lipinski definition) is 10. The zero-order valence-corrected chi connectivity index (χ0v) is 74.1. The molecule has 129 heavy (non-hydrogen) atoms. The number of methoxy groups -OCH3 is 1. The molecule has 9 rings (SSSR count). The second kappa shape index (κ2) is 59.5. The van der Waals surface area contributed by atoms with Crippen LogP contribution in [0.15, 0.2) is 138 Å². The number of nitrogens with one attached hydrogen (secondary N) is 5. The quantitative estimate of drug-likeness (QED) is 0.0125. The number of ether oxygens (including phenoxy) is 5. The Bertz CT molecular complexity index is 4390. The normalized spacial score (nSPS) is 14.0. The van der Waals surface area contributed by atoms with Gasteiger partial charge in [0.05, 0.1) is 48.8 Å². The van der Waals surface area contributed by atoms with Gasteiger partial charge in [0.25, 0.3) is 23.6 Å². The van der Waals surface area contributed by atoms with E-state index in [-0.39, 0.29) is 71.1 Å². The highest BCUT2D eigenvalue weighted by Gasteiger charge is 2.34. The molecule has 706 valence electrons. The zero-order valence-electron chi connectivity index (χ0n) is 74.1. The molecular weight excluding hydrogens is 1690 g/mol. The van der Waals surface area contributed by atoms with Gasteiger partial charge < -0.3 is 88.4 Å². The third-order valence-corrected chi connectivity index (χ3v) is 21.0. The molecule has 2 fully saturated rings. The molecule has 31 nitrogen and oxygen atoms in total. The average Bonchev–Trinajstić information content (AvgIpc) is 1.25. The molecule has 3 aromatic heterocycles. The van der Waals surface area contributed by atoms with Gasteiger partial charge in [0.15, 0.2) is 87.7 Å². The van der Waals surface area contributed by atoms with Gasteiger partial charge in [0, 0.05) is 55.4 Å². The van der Waals surface area contributed by atoms with Crippen molar-refractivity contribution in [3.05, 3.63) is 186 Å². The number of rotatable bonds is 50. The minimum atomic E-state index is -1.12. The van der Waals surface area contributed by atoms with Gasteiger partial charge in [-0.05, 0) is 253 Å². The molecule has 0 radical (unpaired) electrons. The number of hydrogen-bond acceptors (Lipinski definition) is 26. The molecule has 15 N–H and O–H groups in total. The molecular formula is C92H125F6N15O16. The van der Waals surface area contributed by atoms with Crippen molar-refractivity contribution in [1.82, 2.24) is 46.6 Å². The van der Waals surface area contributed by atoms with Crippen LogP contribution in [0.4, 0.5) is 26.3 Å². The van der Waals surface area contributed by atoms with Gasteiger partial charge in [-0.2, -0.15) is 0 Å². The summed E-state index contributed by atoms with van der Waals surface area (Å²) in [6, 6.07) is 13.8. The molecule has 2 aliphatic carbocycles. The van der Waals surface area contributed by atoms with E-state index in [2.05, 4.69) is 57.8 Å². The third-order valence-electron chi connectivity index (χ3n) is 21.0. The summed E-state index contributed by atoms with van der Waals surface area (Å²) in [6.07, 6.45) is 28.3. The first-order valence-corrected chi connectivity index (χ1v) is 43.4. The second-order valence-electron chi connectivity index (χ2n) is 31.4. The van der Waals surface area contributed by atoms with Crippen LogP contribution in [0.2, 0.25) is 0 Å². The van der Waals surface area contributed by atoms with Crippen LogP contribution in [-0.4, -0.2) is 193 Å². The Morgan fingerprint density at radius 1 is 0.488 bits per heavy atom. The summed E-state index contributed by atoms with van der Waals surface area (Å²) in [6.45, 7) is 10.7. The van der Waals surface area contributed by atoms with Gasteiger partial charge in [-0.25, -0.2) is 31.3 Å². The monoisotopic (exact) mass is 1810 g/mol. The van der Waals surface area contributed by atoms with Gasteiger partial charge in [0.2, 0.25) is 11.8 Å². The highest BCUT2D eigenvalue weighted by atomic mass is 19.2. The first-order chi connectivity index (χ1) is 61.9. The van der Waals surface area contributed by atoms with Crippen molar-refractivity contribution >= 4 is 64.8 Å². The number of aliphatic imine (C=N–C) groups is 1. The minimum Gasteiger partial charge on any atom is -0.480 e. The number of para-hydroxylation sites is 1. The van der Waals surface area contributed by atoms with Gasteiger partial charge in [-0.3, -0.25) is 57.9 Å². The van der Waals surface area contributed by atoms with Crippen molar-refractivity contribution in [1.29, 1.82) is 0 Å². The lowest BCUT2D eigenvalue weighted by Crippen LogP contribution is -2.51. The van der Waals surface area contributed by atoms with E-state index in [1.807, 2.05) is 0 Å². The molecule has 5 amide bonds. The number of nitrogens with two attached hydrogens (primary N) is 5. The first-order valence-electron chi connectivity index (χ1n) is 43.4. The lowest BCUT2D eigenvalue weighted by atomic mass is 10.0. The lowest BCUT2D eigenvalue weighted by Gasteiger charge is -2.25. The molecule has 5 atom stereocenters. The summed E-state index contributed by atoms with van der Waals surface area (Å²) in [4.78, 5) is 138. The Kier molecular flexibility index (Phi) is 49.7. The zero-order chi connectivity index (χ0) is 94.6. The van der Waals surface area contributed by atoms with E-state index in [9.17, 15) is 74.3 Å². The van der Waals surface area contributed by atoms with Crippen LogP contribution in [0.25, 0.3) is 0 Å². The SMILES string of the molecule is C=C1C=CN(CC(=O)[C@H](CCCCN)NC(=O)C2CCCC2)C=N1.COC(C)(C)C(=O)N[C@@H](CCCCN)C(=O)COc1c(F)cccc1F.Cc1ccc(F)c(OCC(=O)[C@H](CCCCN)NC(=O)c2ccccn2)c1F.Cc1ccc(F)c(OCC(=O)[C@H](CCCCN)NC(=O)c2ccncc2)c1F.NCCCC[C@H](NC(=O)C1CCCC1)C(=O)COc1ccon1. The fraction of sp³-hybridized carbons (Fsp3) is 0.500. The molecule has 0 saturated heterocycles. The molecule has 1 aliphatic heterocycles. The maximum Gasteiger partial charge on any atom is 0.270 e. The Labute approximate surface area is 748 Å². The summed E-state index contributed by atoms with van der Waals surface area (Å²) in [5.74, 6) is -9.82. The van der Waals surface area contributed by atoms with Crippen LogP contribution < -0.4 is 74.2 Å². The number of amides is 5. The highest BCUT2D eigenvalue weighted by Crippen LogP contribution is 2.30. The van der Waals surface area contributed by atoms with Gasteiger partial charge in [-0.1, -0.05) is 56.5 Å². The molecule has 2 saturated carbocycles. The van der Waals surface area contributed by atoms with E-state index in [1.54, 1.807) is 49.5 Å². The van der Waals surface area contributed by atoms with Crippen LogP contribution in [0, 0.1) is 60.6 Å². The minimum absolute atomic E-state index is 0.00183. The Morgan fingerprint density at radius 2 is 0.899 bits per heavy atom. The first kappa shape index (κ1) is 108. The topological polar surface area (TPSA) is 475 Å². The largest absolute Gasteiger partial charge is 0.480 e. The fourth-order valence-electron chi connectivity index (χ4n) is 13.1. The van der Waals surface area contributed by atoms with Crippen LogP contribution in [0.5, 0.6) is 23.1 Å². The smallest absolute Gasteiger partial charge is 0.270 e. The molecule has 0 spiro atoms. The second-order valence-corrected chi connectivity index (χ2v) is 31.4. The third kappa shape index (κ3) is 39.1. The maximum absolute atomic E-state index is 14.0. The van der Waals surface area contributed by atoms with Crippen LogP contribution >= 0.6 is 0 Å². The number of unbranched alkanes of at least 4 members (excludes halogenated alkanes) is 5. The number of nitrogens with zero attached hydrogens (tertiary/aromatic N) is 5. The van der Waals surface area contributed by atoms with Crippen molar-refractivity contribution < 1.29 is 102 Å². The van der Waals surface area contributed by atoms with Crippen molar-refractivity contribution in [3.63, 3.8) is 0 Å². The Balaban J connectivity index is 0.000000286. The number of ketones is 5. The summed E-state index contributed by atoms with van der Waals surface area (Å²) >= 11 is 0. The molecule has 0 unspecified atom stereocenters. The predicted molar refractivity (Wildman–Crippen MR) is 472 cm³/mol. The van der Waals surface area contributed by atoms with E-state index in [1.165, 1.54) is 88.3 Å². The van der Waals surface area contributed by atoms with Crippen LogP contribution in [0.3, 0.4) is 0 Å². The fourth-order valence-corrected chi connectivity index (χ4v) is 13.1. The number of aryl methyl sites for hydroxylation is 2. The molecule has 6 aromatic rings. The van der Waals surface area contributed by atoms with Crippen molar-refractivity contribution in [3.8, 4) is 23.1 Å². The standard InChI is InChI=1S/2C20H23F2N3O3.C18H26F2N2O4.C18H28N4O2.C16H25N3O4/c1-13-8-9-14(21)19(18(13)22)28-12-17(26)15(6-2-4-10-23)25-20(27)16-7-3-5-11-24-16;1-13-5-6-15(21)19(18(13)22)28-12-17(26)16(4-2-3-9-23)25-20(27)14-7-10-24-11-8-14;1-18(2,25-3)17(24)22-14(9-4-5-10-21)15(23)11-26-16-12(19)7-6-8-13(16)20;1-14-9-11-22(13-20-14)12-17(23)16(8-4-5-10-19)21-18(24)15-6-2-3-7-15;17-9-4-3-7-13(18-16(21)12-5-1-2-6-12)14(20)11-22-15-8-10-23-19-15/h3,5,7-9,11,15H,2,4,6,10,12,23H2,1H3,(H,25,27);5-8,10-11,16H,2-4,9,12,23H2,1H3,(H,25,27);6-8,14H,4-5,9-11,21H2,1-3H3,(H,22,24);9,11,13,15-16H,1-8,10,12,19H2,(H,21,24);8,10,12-13H,1-7,9,11,17H2,(H,18,21)/t15-;16-;14-;16-;13-/m00000/s1. The summed E-state index contributed by atoms with van der Waals surface area (Å²) in [5, 5.41) is 17.3. The Morgan fingerprint density at radius 3 is 1.30 bits per heavy atom. The Hall–Kier alpha value is -11.6. The van der Waals surface area contributed by atoms with Gasteiger partial charge in [0.1, 0.15) is 37.4 Å². The van der Waals surface area contributed by atoms with Crippen molar-refractivity contribution in [2.45, 2.75) is 211 Å². The summed E-state index contributed by atoms with van der Waals surface area (Å²) in [7, 11) is 1.38. The van der Waals surface area contributed by atoms with E-state index in [4.69, 9.17) is 52.4 Å². The summed E-state index contributed by atoms with van der Waals surface area (Å²) < 4.78 is 113. The van der Waals surface area contributed by atoms with E-state index in [0.717, 1.165) is 101 Å². The molecule has 37 heteroatoms. The number of benzene rings is 3. The highest BCUT2D eigenvalue weighted by molar-refractivity contribution is 5.99. The van der Waals surface area contributed by atoms with E-state index in [0.29, 0.717) is 115 Å². The molecule has 4 heterocycles. The lowest BCUT2D eigenvalue weighted by molar-refractivity contribution is -0.142. The van der Waals surface area contributed by atoms with Crippen molar-refractivity contribution in [2.75, 3.05) is 72.8 Å². The molecule has 3 aliphatic rings. The molecule has 0 bridgehead atoms. The number of carbonyl (C=O) groups excluding carboxylic acids is 10. The number of Topliss-reactive ketones (excluding diaryl/α,β-unsaturated/α-hetero) is 5. The van der Waals surface area contributed by atoms with E-state index >= 15 is 0 Å². The summed E-state index contributed by atoms with van der Waals surface area (Å²) in [5.41, 5.74) is 27.9. The van der Waals surface area contributed by atoms with Crippen molar-refractivity contribution in [2.24, 2.45) is 45.5 Å². The van der Waals surface area contributed by atoms with Crippen LogP contribution in [0.1, 0.15) is 193 Å².